The zero-order chi connectivity index (χ0) is 29.5. The van der Waals surface area contributed by atoms with Gasteiger partial charge in [-0.1, -0.05) is 0 Å². The van der Waals surface area contributed by atoms with Gasteiger partial charge in [0.1, 0.15) is 0 Å². The molecule has 7 nitrogen and oxygen atoms in total. The van der Waals surface area contributed by atoms with Crippen molar-refractivity contribution in [2.45, 2.75) is 94.8 Å². The van der Waals surface area contributed by atoms with Crippen LogP contribution >= 0.6 is 11.8 Å². The maximum absolute atomic E-state index is 13.7. The average molecular weight is 586 g/mol. The summed E-state index contributed by atoms with van der Waals surface area (Å²) in [4.78, 5) is 30.1. The monoisotopic (exact) mass is 585 g/mol. The minimum absolute atomic E-state index is 0.0474. The highest BCUT2D eigenvalue weighted by molar-refractivity contribution is 7.98. The van der Waals surface area contributed by atoms with E-state index in [1.807, 2.05) is 45.4 Å². The van der Waals surface area contributed by atoms with E-state index in [4.69, 9.17) is 0 Å². The van der Waals surface area contributed by atoms with Gasteiger partial charge in [-0.15, -0.1) is 11.8 Å². The highest BCUT2D eigenvalue weighted by Crippen LogP contribution is 2.41. The molecule has 0 spiro atoms. The number of hydrogen-bond acceptors (Lipinski definition) is 5. The number of anilines is 1. The third-order valence-electron chi connectivity index (χ3n) is 9.06. The van der Waals surface area contributed by atoms with Crippen molar-refractivity contribution in [1.82, 2.24) is 20.2 Å². The van der Waals surface area contributed by atoms with E-state index in [-0.39, 0.29) is 49.0 Å². The predicted molar refractivity (Wildman–Crippen MR) is 163 cm³/mol. The number of nitrogens with one attached hydrogen (secondary N) is 4. The van der Waals surface area contributed by atoms with Crippen molar-refractivity contribution in [3.05, 3.63) is 57.1 Å². The number of amides is 1. The third kappa shape index (κ3) is 6.04. The van der Waals surface area contributed by atoms with Crippen LogP contribution in [0.2, 0.25) is 0 Å². The standard InChI is InChI=1S/C31H41F2N5O2S/c1-17-12-27(41-5)25(29(39)36-17)16-35-30(40)28-19(3)38(26-11-10-22(34-4)13-24(26)28)18(2)20-6-8-21(9-7-20)37-23-14-31(32,33)15-23/h10-13,18,20-21,23,34,37H,6-9,14-16H2,1-5H3,(H,35,40)(H,36,39)/t18-,20?,21?/m1/s1. The summed E-state index contributed by atoms with van der Waals surface area (Å²) in [6.07, 6.45) is 5.77. The fourth-order valence-corrected chi connectivity index (χ4v) is 7.50. The molecule has 0 bridgehead atoms. The number of pyridine rings is 1. The minimum Gasteiger partial charge on any atom is -0.388 e. The second-order valence-corrected chi connectivity index (χ2v) is 12.7. The molecular formula is C31H41F2N5O2S. The topological polar surface area (TPSA) is 91.0 Å². The summed E-state index contributed by atoms with van der Waals surface area (Å²) in [6, 6.07) is 8.43. The molecular weight excluding hydrogens is 544 g/mol. The molecule has 2 heterocycles. The van der Waals surface area contributed by atoms with Crippen LogP contribution in [0.15, 0.2) is 34.0 Å². The molecule has 2 aliphatic rings. The van der Waals surface area contributed by atoms with Crippen LogP contribution in [0.1, 0.15) is 78.8 Å². The lowest BCUT2D eigenvalue weighted by atomic mass is 9.80. The SMILES string of the molecule is CNc1ccc2c(c1)c(C(=O)NCc1c(SC)cc(C)[nH]c1=O)c(C)n2[C@H](C)C1CCC(NC2CC(F)(F)C2)CC1. The number of nitrogens with zero attached hydrogens (tertiary/aromatic N) is 1. The molecule has 1 amide bonds. The maximum Gasteiger partial charge on any atom is 0.254 e. The van der Waals surface area contributed by atoms with Crippen LogP contribution in [-0.4, -0.2) is 46.8 Å². The predicted octanol–water partition coefficient (Wildman–Crippen LogP) is 6.15. The number of halogens is 2. The molecule has 2 aliphatic carbocycles. The highest BCUT2D eigenvalue weighted by atomic mass is 32.2. The van der Waals surface area contributed by atoms with Gasteiger partial charge in [0.2, 0.25) is 0 Å². The number of aromatic nitrogens is 2. The summed E-state index contributed by atoms with van der Waals surface area (Å²) in [5.74, 6) is -2.29. The number of carbonyl (C=O) groups is 1. The van der Waals surface area contributed by atoms with Crippen molar-refractivity contribution in [2.24, 2.45) is 5.92 Å². The Morgan fingerprint density at radius 2 is 1.85 bits per heavy atom. The number of thioether (sulfide) groups is 1. The molecule has 2 fully saturated rings. The molecule has 0 radical (unpaired) electrons. The van der Waals surface area contributed by atoms with Crippen LogP contribution in [0.3, 0.4) is 0 Å². The van der Waals surface area contributed by atoms with Gasteiger partial charge in [-0.3, -0.25) is 9.59 Å². The maximum atomic E-state index is 13.7. The molecule has 4 N–H and O–H groups in total. The molecule has 0 saturated heterocycles. The van der Waals surface area contributed by atoms with Gasteiger partial charge < -0.3 is 25.5 Å². The van der Waals surface area contributed by atoms with E-state index in [9.17, 15) is 18.4 Å². The smallest absolute Gasteiger partial charge is 0.254 e. The van der Waals surface area contributed by atoms with Crippen molar-refractivity contribution in [1.29, 1.82) is 0 Å². The summed E-state index contributed by atoms with van der Waals surface area (Å²) in [7, 11) is 1.86. The summed E-state index contributed by atoms with van der Waals surface area (Å²) < 4.78 is 28.9. The van der Waals surface area contributed by atoms with Crippen LogP contribution in [0.25, 0.3) is 10.9 Å². The second-order valence-electron chi connectivity index (χ2n) is 11.8. The lowest BCUT2D eigenvalue weighted by Crippen LogP contribution is -2.52. The van der Waals surface area contributed by atoms with Crippen molar-refractivity contribution < 1.29 is 13.6 Å². The second kappa shape index (κ2) is 11.8. The van der Waals surface area contributed by atoms with E-state index >= 15 is 0 Å². The van der Waals surface area contributed by atoms with E-state index in [0.717, 1.165) is 58.6 Å². The Morgan fingerprint density at radius 1 is 1.15 bits per heavy atom. The first-order valence-electron chi connectivity index (χ1n) is 14.5. The fourth-order valence-electron chi connectivity index (χ4n) is 6.79. The lowest BCUT2D eigenvalue weighted by molar-refractivity contribution is -0.0957. The molecule has 222 valence electrons. The molecule has 41 heavy (non-hydrogen) atoms. The van der Waals surface area contributed by atoms with E-state index in [1.165, 1.54) is 11.8 Å². The Bertz CT molecular complexity index is 1480. The van der Waals surface area contributed by atoms with Crippen LogP contribution in [0.4, 0.5) is 14.5 Å². The number of aryl methyl sites for hydroxylation is 1. The van der Waals surface area contributed by atoms with Gasteiger partial charge in [-0.05, 0) is 82.9 Å². The van der Waals surface area contributed by atoms with Gasteiger partial charge in [-0.2, -0.15) is 0 Å². The van der Waals surface area contributed by atoms with Crippen molar-refractivity contribution >= 4 is 34.3 Å². The van der Waals surface area contributed by atoms with Gasteiger partial charge in [-0.25, -0.2) is 8.78 Å². The zero-order valence-electron chi connectivity index (χ0n) is 24.5. The molecule has 0 aliphatic heterocycles. The Morgan fingerprint density at radius 3 is 2.49 bits per heavy atom. The number of carbonyl (C=O) groups excluding carboxylic acids is 1. The summed E-state index contributed by atoms with van der Waals surface area (Å²) in [6.45, 7) is 6.21. The molecule has 5 rings (SSSR count). The quantitative estimate of drug-likeness (QED) is 0.226. The van der Waals surface area contributed by atoms with E-state index < -0.39 is 5.92 Å². The van der Waals surface area contributed by atoms with Crippen LogP contribution in [0, 0.1) is 19.8 Å². The largest absolute Gasteiger partial charge is 0.388 e. The lowest BCUT2D eigenvalue weighted by Gasteiger charge is -2.41. The Balaban J connectivity index is 1.37. The molecule has 3 aromatic rings. The van der Waals surface area contributed by atoms with Crippen LogP contribution < -0.4 is 21.5 Å². The molecule has 2 saturated carbocycles. The summed E-state index contributed by atoms with van der Waals surface area (Å²) in [5.41, 5.74) is 4.61. The van der Waals surface area contributed by atoms with Gasteiger partial charge in [0.15, 0.2) is 0 Å². The van der Waals surface area contributed by atoms with E-state index in [0.29, 0.717) is 17.0 Å². The minimum atomic E-state index is -2.50. The molecule has 2 aromatic heterocycles. The summed E-state index contributed by atoms with van der Waals surface area (Å²) in [5, 5.41) is 10.5. The first-order chi connectivity index (χ1) is 19.5. The van der Waals surface area contributed by atoms with E-state index in [1.54, 1.807) is 0 Å². The Kier molecular flexibility index (Phi) is 8.53. The number of H-pyrrole nitrogens is 1. The number of fused-ring (bicyclic) bond motifs is 1. The van der Waals surface area contributed by atoms with Gasteiger partial charge >= 0.3 is 0 Å². The number of rotatable bonds is 9. The Hall–Kier alpha value is -2.85. The average Bonchev–Trinajstić information content (AvgIpc) is 3.21. The zero-order valence-corrected chi connectivity index (χ0v) is 25.3. The van der Waals surface area contributed by atoms with Crippen molar-refractivity contribution in [2.75, 3.05) is 18.6 Å². The summed E-state index contributed by atoms with van der Waals surface area (Å²) >= 11 is 1.49. The van der Waals surface area contributed by atoms with Gasteiger partial charge in [0.05, 0.1) is 5.56 Å². The molecule has 10 heteroatoms. The number of aromatic amines is 1. The molecule has 1 aromatic carbocycles. The first kappa shape index (κ1) is 29.6. The third-order valence-corrected chi connectivity index (χ3v) is 9.87. The fraction of sp³-hybridized carbons (Fsp3) is 0.548. The van der Waals surface area contributed by atoms with Crippen molar-refractivity contribution in [3.63, 3.8) is 0 Å². The van der Waals surface area contributed by atoms with Crippen molar-refractivity contribution in [3.8, 4) is 0 Å². The molecule has 1 atom stereocenters. The highest BCUT2D eigenvalue weighted by Gasteiger charge is 2.46. The van der Waals surface area contributed by atoms with Crippen LogP contribution in [0.5, 0.6) is 0 Å². The van der Waals surface area contributed by atoms with Gasteiger partial charge in [0.25, 0.3) is 17.4 Å². The number of alkyl halides is 2. The van der Waals surface area contributed by atoms with Gasteiger partial charge in [0, 0.05) is 83.0 Å². The van der Waals surface area contributed by atoms with E-state index in [2.05, 4.69) is 38.5 Å². The normalized spacial score (nSPS) is 21.4. The number of hydrogen-bond donors (Lipinski definition) is 4. The first-order valence-corrected chi connectivity index (χ1v) is 15.7. The molecule has 0 unspecified atom stereocenters. The van der Waals surface area contributed by atoms with Crippen LogP contribution in [-0.2, 0) is 6.54 Å². The number of benzene rings is 1. The Labute approximate surface area is 244 Å².